The number of aromatic nitrogens is 1. The van der Waals surface area contributed by atoms with E-state index in [2.05, 4.69) is 29.4 Å². The number of hydrogen-bond donors (Lipinski definition) is 3. The van der Waals surface area contributed by atoms with Crippen molar-refractivity contribution < 1.29 is 24.5 Å². The number of carbonyl (C=O) groups is 1. The molecule has 34 heavy (non-hydrogen) atoms. The van der Waals surface area contributed by atoms with Gasteiger partial charge >= 0.3 is 5.97 Å². The summed E-state index contributed by atoms with van der Waals surface area (Å²) in [5.74, 6) is 0.0621. The molecule has 2 aromatic carbocycles. The number of aliphatic hydroxyl groups is 1. The van der Waals surface area contributed by atoms with Gasteiger partial charge in [0, 0.05) is 30.1 Å². The van der Waals surface area contributed by atoms with Gasteiger partial charge in [0.15, 0.2) is 0 Å². The Labute approximate surface area is 200 Å². The van der Waals surface area contributed by atoms with Gasteiger partial charge in [-0.2, -0.15) is 0 Å². The van der Waals surface area contributed by atoms with Gasteiger partial charge in [-0.3, -0.25) is 15.1 Å². The highest BCUT2D eigenvalue weighted by Crippen LogP contribution is 2.32. The molecule has 3 rings (SSSR count). The molecule has 3 N–H and O–H groups in total. The van der Waals surface area contributed by atoms with Crippen LogP contribution in [-0.2, 0) is 24.2 Å². The Hall–Kier alpha value is -3.42. The van der Waals surface area contributed by atoms with Gasteiger partial charge in [0.25, 0.3) is 0 Å². The fraction of sp³-hybridized carbons (Fsp3) is 0.333. The first-order chi connectivity index (χ1) is 16.3. The van der Waals surface area contributed by atoms with Crippen LogP contribution in [0.3, 0.4) is 0 Å². The SMILES string of the molecule is COc1cc(CCc2cncc(-c3ccccc3)c2C)cc(OC)c1CN[C@@](C)(CO)C(=O)O. The minimum absolute atomic E-state index is 0.165. The standard InChI is InChI=1S/C27H32N2O5/c1-18-21(14-28-15-22(18)20-8-6-5-7-9-20)11-10-19-12-24(33-3)23(25(13-19)34-4)16-29-27(2,17-30)26(31)32/h5-9,12-15,29-30H,10-11,16-17H2,1-4H3,(H,31,32)/t27-/m0/s1. The highest BCUT2D eigenvalue weighted by atomic mass is 16.5. The largest absolute Gasteiger partial charge is 0.496 e. The zero-order valence-corrected chi connectivity index (χ0v) is 20.1. The number of rotatable bonds is 11. The molecule has 0 fully saturated rings. The Morgan fingerprint density at radius 3 is 2.26 bits per heavy atom. The Kier molecular flexibility index (Phi) is 8.26. The molecule has 1 heterocycles. The number of pyridine rings is 1. The fourth-order valence-corrected chi connectivity index (χ4v) is 3.85. The quantitative estimate of drug-likeness (QED) is 0.397. The van der Waals surface area contributed by atoms with E-state index in [4.69, 9.17) is 9.47 Å². The molecule has 0 aliphatic carbocycles. The monoisotopic (exact) mass is 464 g/mol. The second-order valence-corrected chi connectivity index (χ2v) is 8.47. The van der Waals surface area contributed by atoms with Crippen LogP contribution in [0.15, 0.2) is 54.9 Å². The number of nitrogens with one attached hydrogen (secondary N) is 1. The number of aryl methyl sites for hydroxylation is 2. The van der Waals surface area contributed by atoms with Gasteiger partial charge in [-0.25, -0.2) is 0 Å². The first kappa shape index (κ1) is 25.2. The number of ether oxygens (including phenoxy) is 2. The lowest BCUT2D eigenvalue weighted by molar-refractivity contribution is -0.145. The molecule has 7 nitrogen and oxygen atoms in total. The summed E-state index contributed by atoms with van der Waals surface area (Å²) in [4.78, 5) is 16.0. The van der Waals surface area contributed by atoms with Crippen LogP contribution in [0.4, 0.5) is 0 Å². The van der Waals surface area contributed by atoms with E-state index in [9.17, 15) is 15.0 Å². The Morgan fingerprint density at radius 2 is 1.71 bits per heavy atom. The van der Waals surface area contributed by atoms with E-state index in [1.54, 1.807) is 14.2 Å². The van der Waals surface area contributed by atoms with Crippen LogP contribution in [0.2, 0.25) is 0 Å². The summed E-state index contributed by atoms with van der Waals surface area (Å²) in [6.07, 6.45) is 5.37. The van der Waals surface area contributed by atoms with Gasteiger partial charge in [-0.1, -0.05) is 30.3 Å². The smallest absolute Gasteiger partial charge is 0.326 e. The number of aliphatic carboxylic acids is 1. The van der Waals surface area contributed by atoms with E-state index >= 15 is 0 Å². The van der Waals surface area contributed by atoms with Gasteiger partial charge in [0.2, 0.25) is 0 Å². The summed E-state index contributed by atoms with van der Waals surface area (Å²) < 4.78 is 11.2. The number of carboxylic acid groups (broad SMARTS) is 1. The summed E-state index contributed by atoms with van der Waals surface area (Å²) in [5.41, 5.74) is 4.90. The second kappa shape index (κ2) is 11.1. The maximum Gasteiger partial charge on any atom is 0.326 e. The van der Waals surface area contributed by atoms with Crippen molar-refractivity contribution >= 4 is 5.97 Å². The van der Waals surface area contributed by atoms with Crippen molar-refractivity contribution in [3.05, 3.63) is 77.1 Å². The van der Waals surface area contributed by atoms with Crippen LogP contribution in [0.25, 0.3) is 11.1 Å². The van der Waals surface area contributed by atoms with Gasteiger partial charge in [-0.15, -0.1) is 0 Å². The van der Waals surface area contributed by atoms with Crippen LogP contribution in [0.5, 0.6) is 11.5 Å². The van der Waals surface area contributed by atoms with Gasteiger partial charge < -0.3 is 19.7 Å². The summed E-state index contributed by atoms with van der Waals surface area (Å²) in [6, 6.07) is 14.1. The molecule has 0 bridgehead atoms. The molecule has 0 unspecified atom stereocenters. The molecule has 7 heteroatoms. The summed E-state index contributed by atoms with van der Waals surface area (Å²) in [6.45, 7) is 3.18. The third-order valence-electron chi connectivity index (χ3n) is 6.20. The summed E-state index contributed by atoms with van der Waals surface area (Å²) >= 11 is 0. The van der Waals surface area contributed by atoms with E-state index in [0.717, 1.165) is 29.5 Å². The van der Waals surface area contributed by atoms with E-state index in [1.165, 1.54) is 18.1 Å². The molecule has 0 aliphatic rings. The predicted octanol–water partition coefficient (Wildman–Crippen LogP) is 3.78. The number of hydrogen-bond acceptors (Lipinski definition) is 6. The van der Waals surface area contributed by atoms with E-state index in [-0.39, 0.29) is 6.54 Å². The first-order valence-corrected chi connectivity index (χ1v) is 11.1. The van der Waals surface area contributed by atoms with Crippen LogP contribution in [0, 0.1) is 6.92 Å². The number of benzene rings is 2. The van der Waals surface area contributed by atoms with Crippen molar-refractivity contribution in [2.75, 3.05) is 20.8 Å². The molecule has 1 atom stereocenters. The molecule has 180 valence electrons. The van der Waals surface area contributed by atoms with Crippen LogP contribution in [-0.4, -0.2) is 47.5 Å². The van der Waals surface area contributed by atoms with Crippen molar-refractivity contribution in [3.8, 4) is 22.6 Å². The zero-order chi connectivity index (χ0) is 24.7. The predicted molar refractivity (Wildman–Crippen MR) is 131 cm³/mol. The third-order valence-corrected chi connectivity index (χ3v) is 6.20. The van der Waals surface area contributed by atoms with Crippen molar-refractivity contribution in [1.29, 1.82) is 0 Å². The van der Waals surface area contributed by atoms with Crippen molar-refractivity contribution in [3.63, 3.8) is 0 Å². The van der Waals surface area contributed by atoms with Crippen LogP contribution in [0.1, 0.15) is 29.2 Å². The van der Waals surface area contributed by atoms with Crippen molar-refractivity contribution in [1.82, 2.24) is 10.3 Å². The van der Waals surface area contributed by atoms with Crippen molar-refractivity contribution in [2.24, 2.45) is 0 Å². The molecular weight excluding hydrogens is 432 g/mol. The second-order valence-electron chi connectivity index (χ2n) is 8.47. The molecule has 0 saturated carbocycles. The maximum absolute atomic E-state index is 11.5. The summed E-state index contributed by atoms with van der Waals surface area (Å²) in [7, 11) is 3.14. The number of methoxy groups -OCH3 is 2. The lowest BCUT2D eigenvalue weighted by Crippen LogP contribution is -2.52. The minimum atomic E-state index is -1.47. The Morgan fingerprint density at radius 1 is 1.06 bits per heavy atom. The Balaban J connectivity index is 1.82. The average Bonchev–Trinajstić information content (AvgIpc) is 2.86. The van der Waals surface area contributed by atoms with Crippen LogP contribution < -0.4 is 14.8 Å². The third kappa shape index (κ3) is 5.55. The highest BCUT2D eigenvalue weighted by molar-refractivity contribution is 5.78. The van der Waals surface area contributed by atoms with Crippen molar-refractivity contribution in [2.45, 2.75) is 38.8 Å². The lowest BCUT2D eigenvalue weighted by atomic mass is 9.95. The van der Waals surface area contributed by atoms with E-state index in [1.807, 2.05) is 42.7 Å². The summed E-state index contributed by atoms with van der Waals surface area (Å²) in [5, 5.41) is 21.8. The van der Waals surface area contributed by atoms with Gasteiger partial charge in [0.1, 0.15) is 17.0 Å². The molecule has 1 aromatic heterocycles. The highest BCUT2D eigenvalue weighted by Gasteiger charge is 2.32. The van der Waals surface area contributed by atoms with Crippen LogP contribution >= 0.6 is 0 Å². The average molecular weight is 465 g/mol. The Bertz CT molecular complexity index is 1110. The molecule has 0 saturated heterocycles. The lowest BCUT2D eigenvalue weighted by Gasteiger charge is -2.25. The molecule has 3 aromatic rings. The normalized spacial score (nSPS) is 12.7. The molecule has 0 aliphatic heterocycles. The van der Waals surface area contributed by atoms with E-state index < -0.39 is 18.1 Å². The topological polar surface area (TPSA) is 101 Å². The first-order valence-electron chi connectivity index (χ1n) is 11.1. The minimum Gasteiger partial charge on any atom is -0.496 e. The van der Waals surface area contributed by atoms with E-state index in [0.29, 0.717) is 17.1 Å². The molecule has 0 radical (unpaired) electrons. The zero-order valence-electron chi connectivity index (χ0n) is 20.1. The number of aliphatic hydroxyl groups excluding tert-OH is 1. The molecule has 0 spiro atoms. The molecular formula is C27H32N2O5. The fourth-order valence-electron chi connectivity index (χ4n) is 3.85. The maximum atomic E-state index is 11.5. The number of nitrogens with zero attached hydrogens (tertiary/aromatic N) is 1. The van der Waals surface area contributed by atoms with Gasteiger partial charge in [-0.05, 0) is 61.1 Å². The number of carboxylic acids is 1. The molecule has 0 amide bonds. The van der Waals surface area contributed by atoms with Gasteiger partial charge in [0.05, 0.1) is 20.8 Å².